The number of hydrogen-bond donors (Lipinski definition) is 5. The second-order valence-corrected chi connectivity index (χ2v) is 4.73. The fourth-order valence-corrected chi connectivity index (χ4v) is 1.93. The molecule has 1 unspecified atom stereocenters. The molecule has 108 valence electrons. The summed E-state index contributed by atoms with van der Waals surface area (Å²) in [5.41, 5.74) is 17.1. The minimum absolute atomic E-state index is 0.166. The lowest BCUT2D eigenvalue weighted by Crippen LogP contribution is -2.37. The second-order valence-electron chi connectivity index (χ2n) is 4.73. The molecule has 0 radical (unpaired) electrons. The lowest BCUT2D eigenvalue weighted by atomic mass is 9.83. The van der Waals surface area contributed by atoms with E-state index in [1.807, 2.05) is 0 Å². The van der Waals surface area contributed by atoms with Crippen molar-refractivity contribution >= 4 is 7.12 Å². The van der Waals surface area contributed by atoms with Gasteiger partial charge in [0.2, 0.25) is 0 Å². The monoisotopic (exact) mass is 260 g/mol. The van der Waals surface area contributed by atoms with Gasteiger partial charge in [-0.2, -0.15) is 0 Å². The molecule has 0 aromatic rings. The first kappa shape index (κ1) is 17.8. The standard InChI is InChI=1S/C11H29BN4O2/c13-6-9-16(10-7-14)8-4-11(15)3-1-2-5-12(17)18/h11,17-18H,1-10,13-15H2. The van der Waals surface area contributed by atoms with Crippen LogP contribution in [0.1, 0.15) is 25.7 Å². The van der Waals surface area contributed by atoms with Crippen LogP contribution in [0.15, 0.2) is 0 Å². The highest BCUT2D eigenvalue weighted by Gasteiger charge is 2.09. The van der Waals surface area contributed by atoms with Crippen molar-refractivity contribution in [1.82, 2.24) is 4.90 Å². The highest BCUT2D eigenvalue weighted by atomic mass is 16.4. The zero-order valence-corrected chi connectivity index (χ0v) is 11.3. The number of unbranched alkanes of at least 4 members (excludes halogenated alkanes) is 1. The first-order valence-electron chi connectivity index (χ1n) is 6.84. The molecule has 0 aliphatic carbocycles. The maximum absolute atomic E-state index is 8.71. The van der Waals surface area contributed by atoms with Crippen LogP contribution in [-0.4, -0.2) is 60.8 Å². The Labute approximate surface area is 111 Å². The molecule has 6 nitrogen and oxygen atoms in total. The van der Waals surface area contributed by atoms with E-state index >= 15 is 0 Å². The summed E-state index contributed by atoms with van der Waals surface area (Å²) < 4.78 is 0. The summed E-state index contributed by atoms with van der Waals surface area (Å²) in [5, 5.41) is 17.4. The van der Waals surface area contributed by atoms with Crippen LogP contribution in [-0.2, 0) is 0 Å². The SMILES string of the molecule is NCCN(CCN)CCC(N)CCCCB(O)O. The van der Waals surface area contributed by atoms with Crippen molar-refractivity contribution in [3.05, 3.63) is 0 Å². The van der Waals surface area contributed by atoms with Gasteiger partial charge in [-0.05, 0) is 25.7 Å². The average molecular weight is 260 g/mol. The van der Waals surface area contributed by atoms with Gasteiger partial charge < -0.3 is 32.1 Å². The summed E-state index contributed by atoms with van der Waals surface area (Å²) in [6.45, 7) is 3.94. The predicted molar refractivity (Wildman–Crippen MR) is 76.0 cm³/mol. The molecule has 0 saturated heterocycles. The summed E-state index contributed by atoms with van der Waals surface area (Å²) in [6, 6.07) is 0.166. The van der Waals surface area contributed by atoms with Crippen LogP contribution in [0, 0.1) is 0 Å². The van der Waals surface area contributed by atoms with Gasteiger partial charge in [-0.15, -0.1) is 0 Å². The van der Waals surface area contributed by atoms with Crippen LogP contribution in [0.25, 0.3) is 0 Å². The number of nitrogens with zero attached hydrogens (tertiary/aromatic N) is 1. The van der Waals surface area contributed by atoms with Gasteiger partial charge >= 0.3 is 7.12 Å². The van der Waals surface area contributed by atoms with Crippen LogP contribution >= 0.6 is 0 Å². The Kier molecular flexibility index (Phi) is 11.8. The van der Waals surface area contributed by atoms with Gasteiger partial charge in [0.15, 0.2) is 0 Å². The lowest BCUT2D eigenvalue weighted by Gasteiger charge is -2.22. The van der Waals surface area contributed by atoms with Gasteiger partial charge in [-0.25, -0.2) is 0 Å². The van der Waals surface area contributed by atoms with Gasteiger partial charge in [-0.1, -0.05) is 12.8 Å². The highest BCUT2D eigenvalue weighted by molar-refractivity contribution is 6.40. The van der Waals surface area contributed by atoms with Gasteiger partial charge in [0.05, 0.1) is 0 Å². The van der Waals surface area contributed by atoms with E-state index in [1.165, 1.54) is 0 Å². The Hall–Kier alpha value is -0.175. The Bertz CT molecular complexity index is 180. The fourth-order valence-electron chi connectivity index (χ4n) is 1.93. The van der Waals surface area contributed by atoms with Crippen molar-refractivity contribution in [3.63, 3.8) is 0 Å². The summed E-state index contributed by atoms with van der Waals surface area (Å²) in [5.74, 6) is 0. The van der Waals surface area contributed by atoms with Crippen LogP contribution in [0.2, 0.25) is 6.32 Å². The average Bonchev–Trinajstić information content (AvgIpc) is 2.32. The Balaban J connectivity index is 3.56. The largest absolute Gasteiger partial charge is 0.451 e. The number of nitrogens with two attached hydrogens (primary N) is 3. The molecule has 0 aliphatic rings. The van der Waals surface area contributed by atoms with Crippen molar-refractivity contribution in [1.29, 1.82) is 0 Å². The number of rotatable bonds is 12. The van der Waals surface area contributed by atoms with Crippen LogP contribution in [0.5, 0.6) is 0 Å². The van der Waals surface area contributed by atoms with E-state index in [1.54, 1.807) is 0 Å². The molecule has 0 heterocycles. The quantitative estimate of drug-likeness (QED) is 0.216. The maximum Gasteiger partial charge on any atom is 0.451 e. The minimum Gasteiger partial charge on any atom is -0.427 e. The molecular weight excluding hydrogens is 231 g/mol. The normalized spacial score (nSPS) is 13.0. The fraction of sp³-hybridized carbons (Fsp3) is 1.00. The Morgan fingerprint density at radius 1 is 0.944 bits per heavy atom. The van der Waals surface area contributed by atoms with Gasteiger partial charge in [0.1, 0.15) is 0 Å². The highest BCUT2D eigenvalue weighted by Crippen LogP contribution is 2.06. The zero-order chi connectivity index (χ0) is 13.8. The van der Waals surface area contributed by atoms with E-state index in [0.717, 1.165) is 45.3 Å². The first-order chi connectivity index (χ1) is 8.60. The molecule has 0 bridgehead atoms. The predicted octanol–water partition coefficient (Wildman–Crippen LogP) is -1.43. The van der Waals surface area contributed by atoms with E-state index in [-0.39, 0.29) is 6.04 Å². The summed E-state index contributed by atoms with van der Waals surface area (Å²) >= 11 is 0. The maximum atomic E-state index is 8.71. The summed E-state index contributed by atoms with van der Waals surface area (Å²) in [4.78, 5) is 2.23. The van der Waals surface area contributed by atoms with Crippen LogP contribution in [0.3, 0.4) is 0 Å². The molecule has 0 saturated carbocycles. The van der Waals surface area contributed by atoms with Crippen molar-refractivity contribution in [2.24, 2.45) is 17.2 Å². The van der Waals surface area contributed by atoms with E-state index in [2.05, 4.69) is 4.90 Å². The topological polar surface area (TPSA) is 122 Å². The third-order valence-electron chi connectivity index (χ3n) is 2.99. The van der Waals surface area contributed by atoms with Gasteiger partial charge in [0, 0.05) is 32.2 Å². The molecule has 8 N–H and O–H groups in total. The van der Waals surface area contributed by atoms with Gasteiger partial charge in [-0.3, -0.25) is 0 Å². The summed E-state index contributed by atoms with van der Waals surface area (Å²) in [7, 11) is -1.19. The van der Waals surface area contributed by atoms with Crippen molar-refractivity contribution in [2.75, 3.05) is 32.7 Å². The third kappa shape index (κ3) is 10.9. The zero-order valence-electron chi connectivity index (χ0n) is 11.3. The summed E-state index contributed by atoms with van der Waals surface area (Å²) in [6.07, 6.45) is 4.03. The molecule has 0 amide bonds. The molecule has 0 spiro atoms. The molecule has 0 aliphatic heterocycles. The molecule has 0 aromatic carbocycles. The lowest BCUT2D eigenvalue weighted by molar-refractivity contribution is 0.274. The molecule has 0 aromatic heterocycles. The minimum atomic E-state index is -1.19. The second kappa shape index (κ2) is 11.9. The van der Waals surface area contributed by atoms with E-state index in [0.29, 0.717) is 19.4 Å². The van der Waals surface area contributed by atoms with Crippen LogP contribution < -0.4 is 17.2 Å². The molecule has 0 rings (SSSR count). The molecular formula is C11H29BN4O2. The van der Waals surface area contributed by atoms with Crippen LogP contribution in [0.4, 0.5) is 0 Å². The van der Waals surface area contributed by atoms with Gasteiger partial charge in [0.25, 0.3) is 0 Å². The number of hydrogen-bond acceptors (Lipinski definition) is 6. The third-order valence-corrected chi connectivity index (χ3v) is 2.99. The molecule has 7 heteroatoms. The Morgan fingerprint density at radius 3 is 2.06 bits per heavy atom. The van der Waals surface area contributed by atoms with E-state index < -0.39 is 7.12 Å². The molecule has 0 fully saturated rings. The van der Waals surface area contributed by atoms with Crippen molar-refractivity contribution < 1.29 is 10.0 Å². The van der Waals surface area contributed by atoms with Crippen molar-refractivity contribution in [3.8, 4) is 0 Å². The van der Waals surface area contributed by atoms with Crippen molar-refractivity contribution in [2.45, 2.75) is 38.0 Å². The molecule has 1 atom stereocenters. The Morgan fingerprint density at radius 2 is 1.56 bits per heavy atom. The first-order valence-corrected chi connectivity index (χ1v) is 6.84. The van der Waals surface area contributed by atoms with E-state index in [4.69, 9.17) is 27.2 Å². The molecule has 18 heavy (non-hydrogen) atoms. The van der Waals surface area contributed by atoms with E-state index in [9.17, 15) is 0 Å². The smallest absolute Gasteiger partial charge is 0.427 e.